The minimum Gasteiger partial charge on any atom is -0.361 e. The molecule has 146 valence electrons. The minimum atomic E-state index is -0.179. The summed E-state index contributed by atoms with van der Waals surface area (Å²) in [5.74, 6) is 0.798. The maximum absolute atomic E-state index is 12.8. The summed E-state index contributed by atoms with van der Waals surface area (Å²) in [5, 5.41) is 8.09. The number of benzene rings is 2. The highest BCUT2D eigenvalue weighted by Crippen LogP contribution is 2.22. The number of para-hydroxylation sites is 1. The zero-order valence-corrected chi connectivity index (χ0v) is 15.9. The molecule has 7 heteroatoms. The fourth-order valence-corrected chi connectivity index (χ4v) is 3.29. The summed E-state index contributed by atoms with van der Waals surface area (Å²) >= 11 is 0. The molecule has 5 rings (SSSR count). The van der Waals surface area contributed by atoms with E-state index in [1.54, 1.807) is 12.4 Å². The van der Waals surface area contributed by atoms with E-state index in [0.29, 0.717) is 29.4 Å². The Morgan fingerprint density at radius 1 is 1.03 bits per heavy atom. The molecule has 0 bridgehead atoms. The summed E-state index contributed by atoms with van der Waals surface area (Å²) in [7, 11) is 0. The van der Waals surface area contributed by atoms with Gasteiger partial charge in [-0.25, -0.2) is 0 Å². The van der Waals surface area contributed by atoms with Crippen LogP contribution in [0, 0.1) is 0 Å². The lowest BCUT2D eigenvalue weighted by Crippen LogP contribution is -2.13. The maximum atomic E-state index is 12.8. The SMILES string of the molecule is O=C(Nc1ccccc1Cc1nc(-c2ccncc2)no1)c1ccc2cc[nH]c2c1. The molecule has 0 fully saturated rings. The first-order chi connectivity index (χ1) is 14.8. The van der Waals surface area contributed by atoms with Crippen molar-refractivity contribution in [2.45, 2.75) is 6.42 Å². The Bertz CT molecular complexity index is 1320. The molecule has 0 unspecified atom stereocenters. The van der Waals surface area contributed by atoms with Gasteiger partial charge in [0, 0.05) is 40.9 Å². The molecule has 0 aliphatic rings. The van der Waals surface area contributed by atoms with Crippen LogP contribution in [-0.2, 0) is 6.42 Å². The number of carbonyl (C=O) groups is 1. The van der Waals surface area contributed by atoms with Gasteiger partial charge in [0.1, 0.15) is 0 Å². The molecule has 5 aromatic rings. The van der Waals surface area contributed by atoms with Crippen molar-refractivity contribution in [1.82, 2.24) is 20.1 Å². The first kappa shape index (κ1) is 17.8. The van der Waals surface area contributed by atoms with Gasteiger partial charge in [-0.15, -0.1) is 0 Å². The first-order valence-electron chi connectivity index (χ1n) is 9.46. The number of amides is 1. The zero-order chi connectivity index (χ0) is 20.3. The van der Waals surface area contributed by atoms with Crippen LogP contribution in [0.25, 0.3) is 22.3 Å². The average molecular weight is 395 g/mol. The Balaban J connectivity index is 1.36. The number of rotatable bonds is 5. The highest BCUT2D eigenvalue weighted by molar-refractivity contribution is 6.06. The van der Waals surface area contributed by atoms with Gasteiger partial charge in [0.2, 0.25) is 11.7 Å². The van der Waals surface area contributed by atoms with E-state index in [2.05, 4.69) is 25.4 Å². The van der Waals surface area contributed by atoms with E-state index in [1.807, 2.05) is 66.9 Å². The lowest BCUT2D eigenvalue weighted by molar-refractivity contribution is 0.102. The van der Waals surface area contributed by atoms with Crippen LogP contribution < -0.4 is 5.32 Å². The molecule has 3 heterocycles. The summed E-state index contributed by atoms with van der Waals surface area (Å²) in [5.41, 5.74) is 3.93. The summed E-state index contributed by atoms with van der Waals surface area (Å²) in [6.45, 7) is 0. The second-order valence-corrected chi connectivity index (χ2v) is 6.82. The third-order valence-corrected chi connectivity index (χ3v) is 4.83. The lowest BCUT2D eigenvalue weighted by Gasteiger charge is -2.10. The number of nitrogens with one attached hydrogen (secondary N) is 2. The average Bonchev–Trinajstić information content (AvgIpc) is 3.44. The maximum Gasteiger partial charge on any atom is 0.255 e. The van der Waals surface area contributed by atoms with Crippen molar-refractivity contribution >= 4 is 22.5 Å². The van der Waals surface area contributed by atoms with Crippen molar-refractivity contribution in [2.24, 2.45) is 0 Å². The second-order valence-electron chi connectivity index (χ2n) is 6.82. The number of hydrogen-bond donors (Lipinski definition) is 2. The van der Waals surface area contributed by atoms with Gasteiger partial charge in [-0.3, -0.25) is 9.78 Å². The quantitative estimate of drug-likeness (QED) is 0.458. The topological polar surface area (TPSA) is 96.7 Å². The number of carbonyl (C=O) groups excluding carboxylic acids is 1. The number of hydrogen-bond acceptors (Lipinski definition) is 5. The number of fused-ring (bicyclic) bond motifs is 1. The number of aromatic nitrogens is 4. The van der Waals surface area contributed by atoms with Crippen LogP contribution in [0.2, 0.25) is 0 Å². The van der Waals surface area contributed by atoms with Gasteiger partial charge in [0.25, 0.3) is 5.91 Å². The van der Waals surface area contributed by atoms with E-state index < -0.39 is 0 Å². The van der Waals surface area contributed by atoms with Gasteiger partial charge in [-0.2, -0.15) is 4.98 Å². The highest BCUT2D eigenvalue weighted by Gasteiger charge is 2.14. The van der Waals surface area contributed by atoms with Gasteiger partial charge in [0.05, 0.1) is 6.42 Å². The Hall–Kier alpha value is -4.26. The smallest absolute Gasteiger partial charge is 0.255 e. The number of anilines is 1. The number of H-pyrrole nitrogens is 1. The van der Waals surface area contributed by atoms with Gasteiger partial charge < -0.3 is 14.8 Å². The molecule has 0 saturated carbocycles. The van der Waals surface area contributed by atoms with Crippen molar-refractivity contribution in [3.05, 3.63) is 96.3 Å². The zero-order valence-electron chi connectivity index (χ0n) is 15.9. The monoisotopic (exact) mass is 395 g/mol. The van der Waals surface area contributed by atoms with Gasteiger partial charge in [-0.05, 0) is 47.3 Å². The number of pyridine rings is 1. The van der Waals surface area contributed by atoms with Crippen LogP contribution in [-0.4, -0.2) is 26.0 Å². The molecule has 7 nitrogen and oxygen atoms in total. The lowest BCUT2D eigenvalue weighted by atomic mass is 10.1. The van der Waals surface area contributed by atoms with Crippen molar-refractivity contribution in [1.29, 1.82) is 0 Å². The molecule has 2 N–H and O–H groups in total. The summed E-state index contributed by atoms with van der Waals surface area (Å²) < 4.78 is 5.41. The second kappa shape index (κ2) is 7.63. The van der Waals surface area contributed by atoms with Crippen LogP contribution in [0.5, 0.6) is 0 Å². The predicted molar refractivity (Wildman–Crippen MR) is 113 cm³/mol. The van der Waals surface area contributed by atoms with Gasteiger partial charge in [0.15, 0.2) is 0 Å². The molecule has 0 aliphatic heterocycles. The summed E-state index contributed by atoms with van der Waals surface area (Å²) in [4.78, 5) is 24.4. The summed E-state index contributed by atoms with van der Waals surface area (Å²) in [6, 6.07) is 18.8. The predicted octanol–water partition coefficient (Wildman–Crippen LogP) is 4.46. The van der Waals surface area contributed by atoms with E-state index in [1.165, 1.54) is 0 Å². The van der Waals surface area contributed by atoms with Crippen molar-refractivity contribution < 1.29 is 9.32 Å². The highest BCUT2D eigenvalue weighted by atomic mass is 16.5. The Kier molecular flexibility index (Phi) is 4.53. The number of aromatic amines is 1. The Morgan fingerprint density at radius 2 is 1.90 bits per heavy atom. The van der Waals surface area contributed by atoms with Crippen LogP contribution in [0.1, 0.15) is 21.8 Å². The van der Waals surface area contributed by atoms with E-state index in [-0.39, 0.29) is 5.91 Å². The van der Waals surface area contributed by atoms with Crippen LogP contribution in [0.3, 0.4) is 0 Å². The molecular weight excluding hydrogens is 378 g/mol. The molecular formula is C23H17N5O2. The fraction of sp³-hybridized carbons (Fsp3) is 0.0435. The minimum absolute atomic E-state index is 0.179. The standard InChI is InChI=1S/C23H17N5O2/c29-23(18-6-5-15-9-12-25-20(15)13-18)26-19-4-2-1-3-17(19)14-21-27-22(28-30-21)16-7-10-24-11-8-16/h1-13,25H,14H2,(H,26,29). The molecule has 0 aliphatic carbocycles. The van der Waals surface area contributed by atoms with E-state index in [0.717, 1.165) is 22.0 Å². The van der Waals surface area contributed by atoms with Crippen LogP contribution in [0.15, 0.2) is 83.8 Å². The van der Waals surface area contributed by atoms with E-state index in [4.69, 9.17) is 4.52 Å². The Labute approximate surface area is 171 Å². The van der Waals surface area contributed by atoms with Crippen LogP contribution in [0.4, 0.5) is 5.69 Å². The number of nitrogens with zero attached hydrogens (tertiary/aromatic N) is 3. The van der Waals surface area contributed by atoms with Crippen LogP contribution >= 0.6 is 0 Å². The molecule has 0 radical (unpaired) electrons. The van der Waals surface area contributed by atoms with Crippen molar-refractivity contribution in [3.63, 3.8) is 0 Å². The molecule has 1 amide bonds. The molecule has 0 spiro atoms. The van der Waals surface area contributed by atoms with Gasteiger partial charge in [-0.1, -0.05) is 29.4 Å². The van der Waals surface area contributed by atoms with E-state index >= 15 is 0 Å². The largest absolute Gasteiger partial charge is 0.361 e. The van der Waals surface area contributed by atoms with Gasteiger partial charge >= 0.3 is 0 Å². The molecule has 30 heavy (non-hydrogen) atoms. The fourth-order valence-electron chi connectivity index (χ4n) is 3.29. The first-order valence-corrected chi connectivity index (χ1v) is 9.46. The summed E-state index contributed by atoms with van der Waals surface area (Å²) in [6.07, 6.45) is 5.62. The molecule has 3 aromatic heterocycles. The van der Waals surface area contributed by atoms with E-state index in [9.17, 15) is 4.79 Å². The Morgan fingerprint density at radius 3 is 2.80 bits per heavy atom. The molecule has 2 aromatic carbocycles. The van der Waals surface area contributed by atoms with Crippen molar-refractivity contribution in [2.75, 3.05) is 5.32 Å². The third-order valence-electron chi connectivity index (χ3n) is 4.83. The molecule has 0 saturated heterocycles. The third kappa shape index (κ3) is 3.56. The molecule has 0 atom stereocenters. The normalized spacial score (nSPS) is 10.9. The van der Waals surface area contributed by atoms with Crippen molar-refractivity contribution in [3.8, 4) is 11.4 Å².